The Bertz CT molecular complexity index is 712. The van der Waals surface area contributed by atoms with Gasteiger partial charge in [0.1, 0.15) is 5.56 Å². The molecule has 0 bridgehead atoms. The minimum atomic E-state index is -4.44. The van der Waals surface area contributed by atoms with Crippen LogP contribution >= 0.6 is 0 Å². The fourth-order valence-corrected chi connectivity index (χ4v) is 2.20. The van der Waals surface area contributed by atoms with E-state index >= 15 is 0 Å². The van der Waals surface area contributed by atoms with Crippen molar-refractivity contribution in [3.05, 3.63) is 35.5 Å². The zero-order chi connectivity index (χ0) is 16.5. The van der Waals surface area contributed by atoms with E-state index in [-0.39, 0.29) is 17.7 Å². The smallest absolute Gasteiger partial charge is 0.416 e. The summed E-state index contributed by atoms with van der Waals surface area (Å²) in [5.41, 5.74) is 0.101. The van der Waals surface area contributed by atoms with E-state index in [4.69, 9.17) is 4.74 Å². The Labute approximate surface area is 125 Å². The number of esters is 1. The molecule has 0 N–H and O–H groups in total. The first kappa shape index (κ1) is 16.1. The summed E-state index contributed by atoms with van der Waals surface area (Å²) < 4.78 is 43.3. The van der Waals surface area contributed by atoms with E-state index < -0.39 is 17.7 Å². The van der Waals surface area contributed by atoms with Crippen molar-refractivity contribution in [1.82, 2.24) is 4.98 Å². The summed E-state index contributed by atoms with van der Waals surface area (Å²) in [7, 11) is 3.41. The molecule has 1 aromatic carbocycles. The number of halogens is 3. The predicted octanol–water partition coefficient (Wildman–Crippen LogP) is 3.50. The number of aromatic nitrogens is 1. The van der Waals surface area contributed by atoms with E-state index in [0.717, 1.165) is 12.1 Å². The molecule has 0 fully saturated rings. The first-order chi connectivity index (χ1) is 10.3. The second-order valence-electron chi connectivity index (χ2n) is 4.87. The third-order valence-corrected chi connectivity index (χ3v) is 3.11. The van der Waals surface area contributed by atoms with Crippen LogP contribution in [0.15, 0.2) is 24.4 Å². The van der Waals surface area contributed by atoms with Gasteiger partial charge in [0, 0.05) is 25.7 Å². The standard InChI is InChI=1S/C15H15F3N2O2/c1-4-22-14(21)11-8-19-12-7-9(15(16,17)18)5-6-10(12)13(11)20(2)3/h5-8H,4H2,1-3H3. The second-order valence-corrected chi connectivity index (χ2v) is 4.87. The van der Waals surface area contributed by atoms with Crippen LogP contribution < -0.4 is 4.90 Å². The summed E-state index contributed by atoms with van der Waals surface area (Å²) in [6, 6.07) is 3.27. The van der Waals surface area contributed by atoms with Gasteiger partial charge in [-0.15, -0.1) is 0 Å². The van der Waals surface area contributed by atoms with Gasteiger partial charge in [0.25, 0.3) is 0 Å². The van der Waals surface area contributed by atoms with Gasteiger partial charge in [-0.3, -0.25) is 4.98 Å². The van der Waals surface area contributed by atoms with Gasteiger partial charge in [-0.2, -0.15) is 13.2 Å². The van der Waals surface area contributed by atoms with Gasteiger partial charge in [-0.25, -0.2) is 4.79 Å². The minimum absolute atomic E-state index is 0.173. The lowest BCUT2D eigenvalue weighted by Crippen LogP contribution is -2.17. The van der Waals surface area contributed by atoms with Crippen LogP contribution in [0, 0.1) is 0 Å². The van der Waals surface area contributed by atoms with Crippen molar-refractivity contribution in [2.45, 2.75) is 13.1 Å². The van der Waals surface area contributed by atoms with Crippen LogP contribution in [-0.4, -0.2) is 31.7 Å². The molecular weight excluding hydrogens is 297 g/mol. The number of benzene rings is 1. The molecule has 0 aliphatic rings. The summed E-state index contributed by atoms with van der Waals surface area (Å²) in [5.74, 6) is -0.555. The SMILES string of the molecule is CCOC(=O)c1cnc2cc(C(F)(F)F)ccc2c1N(C)C. The summed E-state index contributed by atoms with van der Waals surface area (Å²) in [5, 5.41) is 0.462. The number of carbonyl (C=O) groups excluding carboxylic acids is 1. The molecule has 0 spiro atoms. The number of hydrogen-bond donors (Lipinski definition) is 0. The van der Waals surface area contributed by atoms with Crippen molar-refractivity contribution in [1.29, 1.82) is 0 Å². The van der Waals surface area contributed by atoms with Crippen molar-refractivity contribution in [2.75, 3.05) is 25.6 Å². The topological polar surface area (TPSA) is 42.4 Å². The molecule has 0 aliphatic carbocycles. The van der Waals surface area contributed by atoms with Crippen molar-refractivity contribution >= 4 is 22.6 Å². The molecular formula is C15H15F3N2O2. The maximum Gasteiger partial charge on any atom is 0.416 e. The molecule has 0 atom stereocenters. The van der Waals surface area contributed by atoms with E-state index in [1.165, 1.54) is 12.3 Å². The molecule has 0 radical (unpaired) electrons. The Balaban J connectivity index is 2.67. The predicted molar refractivity (Wildman–Crippen MR) is 77.0 cm³/mol. The second kappa shape index (κ2) is 5.82. The third-order valence-electron chi connectivity index (χ3n) is 3.11. The molecule has 1 heterocycles. The molecule has 2 aromatic rings. The number of pyridine rings is 1. The van der Waals surface area contributed by atoms with Gasteiger partial charge in [-0.1, -0.05) is 6.07 Å². The molecule has 2 rings (SSSR count). The fraction of sp³-hybridized carbons (Fsp3) is 0.333. The minimum Gasteiger partial charge on any atom is -0.462 e. The average molecular weight is 312 g/mol. The van der Waals surface area contributed by atoms with Gasteiger partial charge < -0.3 is 9.64 Å². The number of fused-ring (bicyclic) bond motifs is 1. The first-order valence-corrected chi connectivity index (χ1v) is 6.60. The molecule has 0 amide bonds. The third kappa shape index (κ3) is 2.98. The van der Waals surface area contributed by atoms with Gasteiger partial charge in [-0.05, 0) is 19.1 Å². The number of hydrogen-bond acceptors (Lipinski definition) is 4. The molecule has 0 aliphatic heterocycles. The van der Waals surface area contributed by atoms with Crippen LogP contribution in [-0.2, 0) is 10.9 Å². The molecule has 7 heteroatoms. The maximum absolute atomic E-state index is 12.8. The first-order valence-electron chi connectivity index (χ1n) is 6.60. The van der Waals surface area contributed by atoms with Crippen LogP contribution in [0.5, 0.6) is 0 Å². The number of rotatable bonds is 3. The van der Waals surface area contributed by atoms with Crippen molar-refractivity contribution in [3.8, 4) is 0 Å². The van der Waals surface area contributed by atoms with E-state index in [2.05, 4.69) is 4.98 Å². The summed E-state index contributed by atoms with van der Waals surface area (Å²) in [4.78, 5) is 17.6. The Hall–Kier alpha value is -2.31. The van der Waals surface area contributed by atoms with Gasteiger partial charge >= 0.3 is 12.1 Å². The monoisotopic (exact) mass is 312 g/mol. The molecule has 1 aromatic heterocycles. The molecule has 4 nitrogen and oxygen atoms in total. The van der Waals surface area contributed by atoms with Crippen LogP contribution in [0.3, 0.4) is 0 Å². The molecule has 118 valence electrons. The Morgan fingerprint density at radius 3 is 2.55 bits per heavy atom. The number of alkyl halides is 3. The van der Waals surface area contributed by atoms with E-state index in [1.54, 1.807) is 25.9 Å². The number of carbonyl (C=O) groups is 1. The zero-order valence-corrected chi connectivity index (χ0v) is 12.4. The lowest BCUT2D eigenvalue weighted by molar-refractivity contribution is -0.137. The summed E-state index contributed by atoms with van der Waals surface area (Å²) in [6.07, 6.45) is -3.19. The van der Waals surface area contributed by atoms with Crippen molar-refractivity contribution in [2.24, 2.45) is 0 Å². The van der Waals surface area contributed by atoms with Gasteiger partial charge in [0.15, 0.2) is 0 Å². The van der Waals surface area contributed by atoms with Gasteiger partial charge in [0.05, 0.1) is 23.4 Å². The summed E-state index contributed by atoms with van der Waals surface area (Å²) >= 11 is 0. The van der Waals surface area contributed by atoms with Crippen LogP contribution in [0.25, 0.3) is 10.9 Å². The van der Waals surface area contributed by atoms with Crippen molar-refractivity contribution in [3.63, 3.8) is 0 Å². The molecule has 0 saturated heterocycles. The lowest BCUT2D eigenvalue weighted by Gasteiger charge is -2.19. The van der Waals surface area contributed by atoms with Gasteiger partial charge in [0.2, 0.25) is 0 Å². The van der Waals surface area contributed by atoms with Crippen LogP contribution in [0.2, 0.25) is 0 Å². The zero-order valence-electron chi connectivity index (χ0n) is 12.4. The number of anilines is 1. The Morgan fingerprint density at radius 1 is 1.32 bits per heavy atom. The van der Waals surface area contributed by atoms with Crippen LogP contribution in [0.1, 0.15) is 22.8 Å². The van der Waals surface area contributed by atoms with Crippen molar-refractivity contribution < 1.29 is 22.7 Å². The quantitative estimate of drug-likeness (QED) is 0.814. The Morgan fingerprint density at radius 2 is 2.00 bits per heavy atom. The molecule has 0 unspecified atom stereocenters. The lowest BCUT2D eigenvalue weighted by atomic mass is 10.1. The molecule has 22 heavy (non-hydrogen) atoms. The van der Waals surface area contributed by atoms with E-state index in [1.807, 2.05) is 0 Å². The highest BCUT2D eigenvalue weighted by atomic mass is 19.4. The highest BCUT2D eigenvalue weighted by molar-refractivity contribution is 6.05. The highest BCUT2D eigenvalue weighted by Crippen LogP contribution is 2.34. The highest BCUT2D eigenvalue weighted by Gasteiger charge is 2.31. The van der Waals surface area contributed by atoms with E-state index in [9.17, 15) is 18.0 Å². The number of nitrogens with zero attached hydrogens (tertiary/aromatic N) is 2. The van der Waals surface area contributed by atoms with E-state index in [0.29, 0.717) is 11.1 Å². The maximum atomic E-state index is 12.8. The Kier molecular flexibility index (Phi) is 4.25. The van der Waals surface area contributed by atoms with Crippen LogP contribution in [0.4, 0.5) is 18.9 Å². The fourth-order valence-electron chi connectivity index (χ4n) is 2.20. The average Bonchev–Trinajstić information content (AvgIpc) is 2.44. The number of ether oxygens (including phenoxy) is 1. The summed E-state index contributed by atoms with van der Waals surface area (Å²) in [6.45, 7) is 1.88. The normalized spacial score (nSPS) is 11.5. The molecule has 0 saturated carbocycles. The largest absolute Gasteiger partial charge is 0.462 e.